The minimum absolute atomic E-state index is 0.231. The van der Waals surface area contributed by atoms with E-state index in [1.807, 2.05) is 32.9 Å². The zero-order chi connectivity index (χ0) is 16.6. The molecule has 0 N–H and O–H groups in total. The number of nitrogens with zero attached hydrogens (tertiary/aromatic N) is 3. The number of piperazine rings is 1. The summed E-state index contributed by atoms with van der Waals surface area (Å²) in [4.78, 5) is 20.8. The number of hydrogen-bond donors (Lipinski definition) is 0. The number of benzene rings is 1. The Labute approximate surface area is 148 Å². The van der Waals surface area contributed by atoms with Crippen molar-refractivity contribution in [3.63, 3.8) is 0 Å². The van der Waals surface area contributed by atoms with E-state index in [2.05, 4.69) is 26.9 Å². The number of carbonyl (C=O) groups is 1. The number of thiazole rings is 1. The number of fused-ring (bicyclic) bond motifs is 1. The Bertz CT molecular complexity index is 718. The fraction of sp³-hybridized carbons (Fsp3) is 0.500. The molecule has 1 fully saturated rings. The number of carbonyl (C=O) groups excluding carboxylic acids is 1. The van der Waals surface area contributed by atoms with Gasteiger partial charge in [0, 0.05) is 30.7 Å². The van der Waals surface area contributed by atoms with Gasteiger partial charge in [-0.15, -0.1) is 0 Å². The lowest BCUT2D eigenvalue weighted by atomic mass is 10.2. The van der Waals surface area contributed by atoms with E-state index in [-0.39, 0.29) is 6.09 Å². The van der Waals surface area contributed by atoms with Crippen LogP contribution in [0.1, 0.15) is 20.8 Å². The third-order valence-electron chi connectivity index (χ3n) is 3.54. The van der Waals surface area contributed by atoms with Crippen LogP contribution in [0.2, 0.25) is 0 Å². The number of halogens is 1. The molecular weight excluding hydrogens is 378 g/mol. The highest BCUT2D eigenvalue weighted by molar-refractivity contribution is 9.10. The summed E-state index contributed by atoms with van der Waals surface area (Å²) in [5, 5.41) is 1.02. The Morgan fingerprint density at radius 3 is 2.61 bits per heavy atom. The van der Waals surface area contributed by atoms with Gasteiger partial charge in [-0.05, 0) is 39.0 Å². The highest BCUT2D eigenvalue weighted by atomic mass is 79.9. The number of rotatable bonds is 1. The first kappa shape index (κ1) is 16.5. The maximum absolute atomic E-state index is 12.1. The van der Waals surface area contributed by atoms with Crippen molar-refractivity contribution in [2.45, 2.75) is 26.4 Å². The molecule has 1 amide bonds. The molecule has 0 saturated carbocycles. The van der Waals surface area contributed by atoms with Gasteiger partial charge in [0.05, 0.1) is 10.2 Å². The minimum Gasteiger partial charge on any atom is -0.444 e. The quantitative estimate of drug-likeness (QED) is 0.725. The van der Waals surface area contributed by atoms with Crippen molar-refractivity contribution >= 4 is 48.7 Å². The van der Waals surface area contributed by atoms with E-state index in [0.717, 1.165) is 28.2 Å². The van der Waals surface area contributed by atoms with E-state index in [1.54, 1.807) is 16.2 Å². The van der Waals surface area contributed by atoms with Crippen molar-refractivity contribution < 1.29 is 9.53 Å². The molecule has 0 spiro atoms. The van der Waals surface area contributed by atoms with Gasteiger partial charge >= 0.3 is 6.09 Å². The third-order valence-corrected chi connectivity index (χ3v) is 5.11. The van der Waals surface area contributed by atoms with E-state index in [1.165, 1.54) is 4.70 Å². The molecule has 1 aromatic carbocycles. The topological polar surface area (TPSA) is 45.7 Å². The number of ether oxygens (including phenoxy) is 1. The second-order valence-electron chi connectivity index (χ2n) is 6.56. The summed E-state index contributed by atoms with van der Waals surface area (Å²) in [7, 11) is 0. The summed E-state index contributed by atoms with van der Waals surface area (Å²) in [5.41, 5.74) is 0.567. The Morgan fingerprint density at radius 2 is 1.96 bits per heavy atom. The summed E-state index contributed by atoms with van der Waals surface area (Å²) in [6.45, 7) is 8.55. The lowest BCUT2D eigenvalue weighted by molar-refractivity contribution is 0.0240. The van der Waals surface area contributed by atoms with Gasteiger partial charge in [-0.3, -0.25) is 0 Å². The fourth-order valence-electron chi connectivity index (χ4n) is 2.43. The molecule has 124 valence electrons. The minimum atomic E-state index is -0.450. The van der Waals surface area contributed by atoms with Crippen molar-refractivity contribution in [2.24, 2.45) is 0 Å². The van der Waals surface area contributed by atoms with Gasteiger partial charge in [0.25, 0.3) is 0 Å². The van der Waals surface area contributed by atoms with Gasteiger partial charge in [-0.1, -0.05) is 27.3 Å². The Kier molecular flexibility index (Phi) is 4.51. The van der Waals surface area contributed by atoms with E-state index < -0.39 is 5.60 Å². The first-order valence-electron chi connectivity index (χ1n) is 7.61. The summed E-state index contributed by atoms with van der Waals surface area (Å²) >= 11 is 5.18. The standard InChI is InChI=1S/C16H20BrN3O2S/c1-16(2,3)22-15(21)20-8-6-19(7-9-20)14-18-12-5-4-11(17)10-13(12)23-14/h4-5,10H,6-9H2,1-3H3. The molecule has 0 aliphatic carbocycles. The van der Waals surface area contributed by atoms with E-state index in [0.29, 0.717) is 13.1 Å². The van der Waals surface area contributed by atoms with Gasteiger partial charge in [0.2, 0.25) is 0 Å². The fourth-order valence-corrected chi connectivity index (χ4v) is 4.00. The molecule has 1 aromatic heterocycles. The van der Waals surface area contributed by atoms with Crippen molar-refractivity contribution in [2.75, 3.05) is 31.1 Å². The largest absolute Gasteiger partial charge is 0.444 e. The molecule has 3 rings (SSSR count). The van der Waals surface area contributed by atoms with Crippen LogP contribution in [0.15, 0.2) is 22.7 Å². The van der Waals surface area contributed by atoms with E-state index in [4.69, 9.17) is 9.72 Å². The first-order valence-corrected chi connectivity index (χ1v) is 9.22. The van der Waals surface area contributed by atoms with Crippen LogP contribution in [-0.4, -0.2) is 47.8 Å². The second kappa shape index (κ2) is 6.28. The summed E-state index contributed by atoms with van der Waals surface area (Å²) in [5.74, 6) is 0. The van der Waals surface area contributed by atoms with Gasteiger partial charge in [-0.2, -0.15) is 0 Å². The van der Waals surface area contributed by atoms with Crippen LogP contribution in [0.25, 0.3) is 10.2 Å². The van der Waals surface area contributed by atoms with Gasteiger partial charge in [0.1, 0.15) is 5.60 Å². The molecular formula is C16H20BrN3O2S. The molecule has 0 bridgehead atoms. The molecule has 23 heavy (non-hydrogen) atoms. The predicted octanol–water partition coefficient (Wildman–Crippen LogP) is 4.12. The van der Waals surface area contributed by atoms with E-state index in [9.17, 15) is 4.79 Å². The van der Waals surface area contributed by atoms with Crippen LogP contribution in [0.3, 0.4) is 0 Å². The summed E-state index contributed by atoms with van der Waals surface area (Å²) in [6, 6.07) is 6.12. The lowest BCUT2D eigenvalue weighted by Crippen LogP contribution is -2.50. The predicted molar refractivity (Wildman–Crippen MR) is 97.3 cm³/mol. The number of hydrogen-bond acceptors (Lipinski definition) is 5. The van der Waals surface area contributed by atoms with Crippen LogP contribution in [0.4, 0.5) is 9.93 Å². The summed E-state index contributed by atoms with van der Waals surface area (Å²) in [6.07, 6.45) is -0.231. The molecule has 0 radical (unpaired) electrons. The second-order valence-corrected chi connectivity index (χ2v) is 8.49. The van der Waals surface area contributed by atoms with Crippen LogP contribution in [0, 0.1) is 0 Å². The van der Waals surface area contributed by atoms with Crippen molar-refractivity contribution in [1.29, 1.82) is 0 Å². The number of anilines is 1. The van der Waals surface area contributed by atoms with Gasteiger partial charge < -0.3 is 14.5 Å². The Morgan fingerprint density at radius 1 is 1.26 bits per heavy atom. The smallest absolute Gasteiger partial charge is 0.410 e. The maximum atomic E-state index is 12.1. The van der Waals surface area contributed by atoms with Crippen LogP contribution < -0.4 is 4.90 Å². The van der Waals surface area contributed by atoms with Crippen LogP contribution in [0.5, 0.6) is 0 Å². The molecule has 1 aliphatic rings. The van der Waals surface area contributed by atoms with Crippen molar-refractivity contribution in [3.8, 4) is 0 Å². The monoisotopic (exact) mass is 397 g/mol. The number of amides is 1. The zero-order valence-corrected chi connectivity index (χ0v) is 15.9. The average molecular weight is 398 g/mol. The average Bonchev–Trinajstić information content (AvgIpc) is 2.88. The van der Waals surface area contributed by atoms with Crippen molar-refractivity contribution in [1.82, 2.24) is 9.88 Å². The Hall–Kier alpha value is -1.34. The Balaban J connectivity index is 1.65. The molecule has 1 aliphatic heterocycles. The van der Waals surface area contributed by atoms with Gasteiger partial charge in [-0.25, -0.2) is 9.78 Å². The van der Waals surface area contributed by atoms with E-state index >= 15 is 0 Å². The lowest BCUT2D eigenvalue weighted by Gasteiger charge is -2.35. The summed E-state index contributed by atoms with van der Waals surface area (Å²) < 4.78 is 7.66. The normalized spacial score (nSPS) is 16.0. The maximum Gasteiger partial charge on any atom is 0.410 e. The molecule has 0 atom stereocenters. The molecule has 7 heteroatoms. The first-order chi connectivity index (χ1) is 10.8. The van der Waals surface area contributed by atoms with Crippen LogP contribution >= 0.6 is 27.3 Å². The SMILES string of the molecule is CC(C)(C)OC(=O)N1CCN(c2nc3ccc(Br)cc3s2)CC1. The van der Waals surface area contributed by atoms with Crippen LogP contribution in [-0.2, 0) is 4.74 Å². The molecule has 0 unspecified atom stereocenters. The highest BCUT2D eigenvalue weighted by Gasteiger charge is 2.26. The zero-order valence-electron chi connectivity index (χ0n) is 13.5. The molecule has 1 saturated heterocycles. The molecule has 2 aromatic rings. The number of aromatic nitrogens is 1. The third kappa shape index (κ3) is 3.95. The molecule has 2 heterocycles. The van der Waals surface area contributed by atoms with Gasteiger partial charge in [0.15, 0.2) is 5.13 Å². The highest BCUT2D eigenvalue weighted by Crippen LogP contribution is 2.31. The van der Waals surface area contributed by atoms with Crippen molar-refractivity contribution in [3.05, 3.63) is 22.7 Å². The molecule has 5 nitrogen and oxygen atoms in total.